The van der Waals surface area contributed by atoms with Crippen molar-refractivity contribution >= 4 is 41.3 Å². The Labute approximate surface area is 149 Å². The first-order valence-electron chi connectivity index (χ1n) is 5.92. The zero-order valence-corrected chi connectivity index (χ0v) is 15.7. The second-order valence-corrected chi connectivity index (χ2v) is 9.53. The molecule has 3 amide bonds. The molecule has 0 aromatic rings. The van der Waals surface area contributed by atoms with Gasteiger partial charge in [0.05, 0.1) is 0 Å². The van der Waals surface area contributed by atoms with Gasteiger partial charge in [-0.15, -0.1) is 0 Å². The van der Waals surface area contributed by atoms with E-state index in [0.717, 1.165) is 0 Å². The topological polar surface area (TPSA) is 335 Å². The molecule has 21 heteroatoms. The molecule has 0 spiro atoms. The van der Waals surface area contributed by atoms with Crippen LogP contribution in [0.25, 0.3) is 0 Å². The molecule has 160 valence electrons. The fourth-order valence-electron chi connectivity index (χ4n) is 1.04. The highest BCUT2D eigenvalue weighted by atomic mass is 31.2. The van der Waals surface area contributed by atoms with Gasteiger partial charge in [-0.2, -0.15) is 4.57 Å². The van der Waals surface area contributed by atoms with Gasteiger partial charge in [-0.05, 0) is 6.54 Å². The number of hydrogen-bond acceptors (Lipinski definition) is 11. The minimum absolute atomic E-state index is 0.452. The summed E-state index contributed by atoms with van der Waals surface area (Å²) in [5, 5.41) is 5.71. The largest absolute Gasteiger partial charge is 0.657 e. The van der Waals surface area contributed by atoms with Crippen LogP contribution in [0.15, 0.2) is 0 Å². The standard InChI is InChI=1S/C3H6N3O7P.C3H11NO7P2/c4-1(7)11-14(10,12-2(5)8)13-3(6)9;4-2-1-3(5,12(6,7)8)13(9,10)11/h(H2,4,7)(H2,5,8)(H2,6,9);5H,1-2,4H2,(H2,6,7,8)(H2,9,10,11). The summed E-state index contributed by atoms with van der Waals surface area (Å²) in [7, 11) is -15.4. The van der Waals surface area contributed by atoms with E-state index in [4.69, 9.17) is 30.4 Å². The number of phosphoric ester groups is 1. The molecule has 0 saturated carbocycles. The van der Waals surface area contributed by atoms with Crippen molar-refractivity contribution in [1.29, 1.82) is 0 Å². The van der Waals surface area contributed by atoms with Crippen LogP contribution in [0.4, 0.5) is 14.4 Å². The quantitative estimate of drug-likeness (QED) is 0.180. The average Bonchev–Trinajstić information content (AvgIpc) is 2.32. The molecular weight excluding hydrogens is 445 g/mol. The summed E-state index contributed by atoms with van der Waals surface area (Å²) in [4.78, 5) is 64.5. The van der Waals surface area contributed by atoms with Crippen molar-refractivity contribution in [3.63, 3.8) is 0 Å². The molecule has 0 aliphatic carbocycles. The third-order valence-electron chi connectivity index (χ3n) is 2.02. The maximum Gasteiger partial charge on any atom is 0.657 e. The van der Waals surface area contributed by atoms with Crippen LogP contribution in [0.1, 0.15) is 6.42 Å². The summed E-state index contributed by atoms with van der Waals surface area (Å²) in [6.07, 6.45) is -5.68. The van der Waals surface area contributed by atoms with Crippen LogP contribution < -0.4 is 22.9 Å². The highest BCUT2D eigenvalue weighted by Gasteiger charge is 2.58. The van der Waals surface area contributed by atoms with Gasteiger partial charge < -0.3 is 61.2 Å². The van der Waals surface area contributed by atoms with E-state index in [2.05, 4.69) is 30.8 Å². The van der Waals surface area contributed by atoms with Gasteiger partial charge in [0, 0.05) is 6.42 Å². The van der Waals surface area contributed by atoms with Crippen molar-refractivity contribution in [2.24, 2.45) is 22.9 Å². The lowest BCUT2D eigenvalue weighted by molar-refractivity contribution is 0.125. The van der Waals surface area contributed by atoms with E-state index in [0.29, 0.717) is 0 Å². The zero-order valence-electron chi connectivity index (χ0n) is 13.0. The number of primary amides is 3. The maximum absolute atomic E-state index is 11.1. The molecule has 0 aliphatic rings. The van der Waals surface area contributed by atoms with E-state index in [-0.39, 0.29) is 0 Å². The number of amides is 3. The molecule has 18 nitrogen and oxygen atoms in total. The second kappa shape index (κ2) is 9.98. The van der Waals surface area contributed by atoms with Gasteiger partial charge in [0.1, 0.15) is 0 Å². The summed E-state index contributed by atoms with van der Waals surface area (Å²) >= 11 is 0. The lowest BCUT2D eigenvalue weighted by Gasteiger charge is -2.28. The number of carbonyl (C=O) groups is 3. The van der Waals surface area contributed by atoms with Crippen LogP contribution in [0.3, 0.4) is 0 Å². The molecule has 0 saturated heterocycles. The number of aliphatic hydroxyl groups is 1. The Morgan fingerprint density at radius 2 is 1.04 bits per heavy atom. The molecule has 13 N–H and O–H groups in total. The Morgan fingerprint density at radius 1 is 0.778 bits per heavy atom. The van der Waals surface area contributed by atoms with E-state index in [1.54, 1.807) is 0 Å². The third-order valence-corrected chi connectivity index (χ3v) is 7.11. The summed E-state index contributed by atoms with van der Waals surface area (Å²) in [6.45, 7) is -0.452. The monoisotopic (exact) mass is 462 g/mol. The van der Waals surface area contributed by atoms with Gasteiger partial charge in [-0.25, -0.2) is 14.4 Å². The predicted molar refractivity (Wildman–Crippen MR) is 82.3 cm³/mol. The summed E-state index contributed by atoms with van der Waals surface area (Å²) in [5.74, 6) is 0. The molecule has 0 bridgehead atoms. The minimum Gasteiger partial charge on any atom is -0.367 e. The fourth-order valence-corrected chi connectivity index (χ4v) is 4.01. The second-order valence-electron chi connectivity index (χ2n) is 4.08. The first kappa shape index (κ1) is 27.5. The van der Waals surface area contributed by atoms with Crippen molar-refractivity contribution in [1.82, 2.24) is 0 Å². The average molecular weight is 462 g/mol. The Hall–Kier alpha value is -1.74. The fraction of sp³-hybridized carbons (Fsp3) is 0.500. The Kier molecular flexibility index (Phi) is 10.2. The molecule has 0 heterocycles. The van der Waals surface area contributed by atoms with Crippen molar-refractivity contribution in [3.05, 3.63) is 0 Å². The van der Waals surface area contributed by atoms with Crippen LogP contribution >= 0.6 is 23.0 Å². The van der Waals surface area contributed by atoms with Gasteiger partial charge in [0.2, 0.25) is 0 Å². The number of nitrogens with two attached hydrogens (primary N) is 4. The molecule has 27 heavy (non-hydrogen) atoms. The van der Waals surface area contributed by atoms with Crippen molar-refractivity contribution in [2.75, 3.05) is 6.54 Å². The highest BCUT2D eigenvalue weighted by molar-refractivity contribution is 7.72. The molecule has 0 rings (SSSR count). The molecule has 0 aliphatic heterocycles. The molecule has 0 radical (unpaired) electrons. The summed E-state index contributed by atoms with van der Waals surface area (Å²) in [5.41, 5.74) is 18.2. The highest BCUT2D eigenvalue weighted by Crippen LogP contribution is 2.68. The number of hydrogen-bond donors (Lipinski definition) is 9. The van der Waals surface area contributed by atoms with Gasteiger partial charge in [-0.1, -0.05) is 0 Å². The Balaban J connectivity index is 0. The van der Waals surface area contributed by atoms with Gasteiger partial charge in [0.25, 0.3) is 5.08 Å². The first-order valence-corrected chi connectivity index (χ1v) is 10.6. The van der Waals surface area contributed by atoms with Crippen LogP contribution in [-0.2, 0) is 27.3 Å². The van der Waals surface area contributed by atoms with E-state index < -0.39 is 59.3 Å². The number of carbonyl (C=O) groups excluding carboxylic acids is 3. The number of rotatable bonds is 7. The molecule has 0 unspecified atom stereocenters. The van der Waals surface area contributed by atoms with Crippen LogP contribution in [-0.4, -0.2) is 54.6 Å². The Bertz CT molecular complexity index is 627. The first-order chi connectivity index (χ1) is 11.8. The Morgan fingerprint density at radius 3 is 1.15 bits per heavy atom. The van der Waals surface area contributed by atoms with Gasteiger partial charge in [-0.3, -0.25) is 9.13 Å². The number of phosphoric acid groups is 1. The van der Waals surface area contributed by atoms with Crippen LogP contribution in [0.5, 0.6) is 0 Å². The van der Waals surface area contributed by atoms with E-state index in [9.17, 15) is 28.1 Å². The molecule has 0 atom stereocenters. The third kappa shape index (κ3) is 9.67. The lowest BCUT2D eigenvalue weighted by Crippen LogP contribution is -2.31. The molecule has 0 aromatic heterocycles. The van der Waals surface area contributed by atoms with E-state index in [1.807, 2.05) is 0 Å². The van der Waals surface area contributed by atoms with Crippen LogP contribution in [0, 0.1) is 0 Å². The van der Waals surface area contributed by atoms with Crippen LogP contribution in [0.2, 0.25) is 0 Å². The zero-order chi connectivity index (χ0) is 22.3. The normalized spacial score (nSPS) is 12.2. The van der Waals surface area contributed by atoms with Crippen molar-refractivity contribution < 1.29 is 66.3 Å². The lowest BCUT2D eigenvalue weighted by atomic mass is 10.5. The molecule has 0 aromatic carbocycles. The van der Waals surface area contributed by atoms with Gasteiger partial charge >= 0.3 is 41.3 Å². The van der Waals surface area contributed by atoms with Gasteiger partial charge in [0.15, 0.2) is 0 Å². The van der Waals surface area contributed by atoms with E-state index >= 15 is 0 Å². The maximum atomic E-state index is 11.1. The van der Waals surface area contributed by atoms with Crippen molar-refractivity contribution in [3.8, 4) is 0 Å². The summed E-state index contributed by atoms with van der Waals surface area (Å²) in [6, 6.07) is 0. The molecular formula is C6H17N4O14P3. The SMILES string of the molecule is NC(=O)OP(=O)(OC(N)=O)OC(N)=O.NCCC(O)(P(=O)(O)O)P(=O)(O)O. The predicted octanol–water partition coefficient (Wildman–Crippen LogP) is -2.28. The minimum atomic E-state index is -5.31. The molecule has 0 fully saturated rings. The smallest absolute Gasteiger partial charge is 0.367 e. The van der Waals surface area contributed by atoms with Crippen molar-refractivity contribution in [2.45, 2.75) is 11.5 Å². The van der Waals surface area contributed by atoms with E-state index in [1.165, 1.54) is 0 Å². The summed E-state index contributed by atoms with van der Waals surface area (Å²) < 4.78 is 43.4.